The highest BCUT2D eigenvalue weighted by Gasteiger charge is 2.60. The molecule has 21 heavy (non-hydrogen) atoms. The van der Waals surface area contributed by atoms with E-state index in [1.54, 1.807) is 11.1 Å². The summed E-state index contributed by atoms with van der Waals surface area (Å²) < 4.78 is 0. The molecular weight excluding hydrogens is 254 g/mol. The van der Waals surface area contributed by atoms with Crippen molar-refractivity contribution < 1.29 is 0 Å². The minimum atomic E-state index is 0.492. The quantitative estimate of drug-likeness (QED) is 0.831. The molecule has 0 amide bonds. The fourth-order valence-electron chi connectivity index (χ4n) is 5.23. The first kappa shape index (κ1) is 13.8. The summed E-state index contributed by atoms with van der Waals surface area (Å²) in [7, 11) is 0. The third kappa shape index (κ3) is 2.00. The van der Waals surface area contributed by atoms with Crippen molar-refractivity contribution in [1.82, 2.24) is 5.32 Å². The lowest BCUT2D eigenvalue weighted by molar-refractivity contribution is 0.120. The van der Waals surface area contributed by atoms with E-state index >= 15 is 0 Å². The van der Waals surface area contributed by atoms with E-state index in [1.807, 2.05) is 0 Å². The number of rotatable bonds is 4. The summed E-state index contributed by atoms with van der Waals surface area (Å²) in [6.45, 7) is 8.61. The molecule has 3 unspecified atom stereocenters. The summed E-state index contributed by atoms with van der Waals surface area (Å²) in [4.78, 5) is 0. The molecule has 3 saturated carbocycles. The molecule has 0 spiro atoms. The molecule has 3 aliphatic rings. The van der Waals surface area contributed by atoms with Gasteiger partial charge in [-0.15, -0.1) is 0 Å². The largest absolute Gasteiger partial charge is 0.309 e. The van der Waals surface area contributed by atoms with Gasteiger partial charge in [-0.05, 0) is 65.9 Å². The molecule has 1 heteroatoms. The average molecular weight is 283 g/mol. The third-order valence-electron chi connectivity index (χ3n) is 7.41. The molecule has 1 aromatic carbocycles. The van der Waals surface area contributed by atoms with Crippen molar-refractivity contribution >= 4 is 0 Å². The predicted molar refractivity (Wildman–Crippen MR) is 88.3 cm³/mol. The summed E-state index contributed by atoms with van der Waals surface area (Å²) in [5.41, 5.74) is 4.16. The lowest BCUT2D eigenvalue weighted by atomic mass is 9.69. The first-order valence-electron chi connectivity index (χ1n) is 8.83. The topological polar surface area (TPSA) is 12.0 Å². The normalized spacial score (nSPS) is 37.1. The minimum Gasteiger partial charge on any atom is -0.309 e. The molecule has 3 aliphatic carbocycles. The van der Waals surface area contributed by atoms with Crippen LogP contribution in [0, 0.1) is 16.7 Å². The first-order chi connectivity index (χ1) is 10.0. The van der Waals surface area contributed by atoms with Gasteiger partial charge in [0.15, 0.2) is 0 Å². The van der Waals surface area contributed by atoms with Crippen molar-refractivity contribution in [3.63, 3.8) is 0 Å². The Morgan fingerprint density at radius 2 is 1.86 bits per heavy atom. The van der Waals surface area contributed by atoms with Gasteiger partial charge in [-0.2, -0.15) is 0 Å². The predicted octanol–water partition coefficient (Wildman–Crippen LogP) is 4.87. The van der Waals surface area contributed by atoms with Crippen LogP contribution in [0.25, 0.3) is 0 Å². The number of hydrogen-bond acceptors (Lipinski definition) is 1. The Kier molecular flexibility index (Phi) is 3.02. The van der Waals surface area contributed by atoms with E-state index in [9.17, 15) is 0 Å². The average Bonchev–Trinajstić information content (AvgIpc) is 3.25. The van der Waals surface area contributed by atoms with E-state index < -0.39 is 0 Å². The molecule has 0 saturated heterocycles. The molecule has 1 N–H and O–H groups in total. The maximum atomic E-state index is 3.95. The molecule has 0 aliphatic heterocycles. The van der Waals surface area contributed by atoms with Gasteiger partial charge in [-0.3, -0.25) is 0 Å². The van der Waals surface area contributed by atoms with Gasteiger partial charge in [0.2, 0.25) is 0 Å². The summed E-state index contributed by atoms with van der Waals surface area (Å²) in [5, 5.41) is 3.95. The zero-order valence-corrected chi connectivity index (χ0v) is 13.8. The van der Waals surface area contributed by atoms with Gasteiger partial charge < -0.3 is 5.32 Å². The molecule has 4 rings (SSSR count). The zero-order chi connectivity index (χ0) is 14.7. The molecular formula is C20H29N. The van der Waals surface area contributed by atoms with Crippen LogP contribution in [-0.4, -0.2) is 6.04 Å². The van der Waals surface area contributed by atoms with E-state index in [2.05, 4.69) is 50.4 Å². The van der Waals surface area contributed by atoms with Crippen molar-refractivity contribution in [3.8, 4) is 0 Å². The number of nitrogens with one attached hydrogen (secondary N) is 1. The number of hydrogen-bond donors (Lipinski definition) is 1. The van der Waals surface area contributed by atoms with Crippen molar-refractivity contribution in [3.05, 3.63) is 35.4 Å². The summed E-state index contributed by atoms with van der Waals surface area (Å²) >= 11 is 0. The molecule has 1 nitrogen and oxygen atoms in total. The smallest absolute Gasteiger partial charge is 0.0211 e. The Morgan fingerprint density at radius 1 is 1.10 bits per heavy atom. The van der Waals surface area contributed by atoms with Crippen LogP contribution in [0.5, 0.6) is 0 Å². The summed E-state index contributed by atoms with van der Waals surface area (Å²) in [6.07, 6.45) is 7.03. The highest BCUT2D eigenvalue weighted by Crippen LogP contribution is 2.65. The summed E-state index contributed by atoms with van der Waals surface area (Å²) in [6, 6.07) is 9.80. The van der Waals surface area contributed by atoms with Gasteiger partial charge in [-0.1, -0.05) is 45.0 Å². The Morgan fingerprint density at radius 3 is 2.48 bits per heavy atom. The Bertz CT molecular complexity index is 543. The van der Waals surface area contributed by atoms with E-state index in [1.165, 1.54) is 32.1 Å². The minimum absolute atomic E-state index is 0.492. The Labute approximate surface area is 129 Å². The van der Waals surface area contributed by atoms with Gasteiger partial charge in [0.1, 0.15) is 0 Å². The second-order valence-electron chi connectivity index (χ2n) is 8.52. The molecule has 3 atom stereocenters. The van der Waals surface area contributed by atoms with Crippen LogP contribution in [0.2, 0.25) is 0 Å². The van der Waals surface area contributed by atoms with Crippen LogP contribution in [0.3, 0.4) is 0 Å². The lowest BCUT2D eigenvalue weighted by Gasteiger charge is -2.39. The molecule has 0 aromatic heterocycles. The molecule has 2 bridgehead atoms. The molecule has 3 fully saturated rings. The first-order valence-corrected chi connectivity index (χ1v) is 8.83. The van der Waals surface area contributed by atoms with Crippen LogP contribution in [0.15, 0.2) is 24.3 Å². The molecule has 0 radical (unpaired) electrons. The van der Waals surface area contributed by atoms with Gasteiger partial charge in [0.25, 0.3) is 0 Å². The van der Waals surface area contributed by atoms with Crippen LogP contribution < -0.4 is 5.32 Å². The van der Waals surface area contributed by atoms with E-state index in [0.717, 1.165) is 18.4 Å². The molecule has 1 aromatic rings. The Hall–Kier alpha value is -0.820. The zero-order valence-electron chi connectivity index (χ0n) is 13.8. The van der Waals surface area contributed by atoms with Crippen LogP contribution >= 0.6 is 0 Å². The van der Waals surface area contributed by atoms with E-state index in [4.69, 9.17) is 0 Å². The standard InChI is InChI=1S/C20H29N/c1-19(2)16-10-11-20(19,3)18(12-16)21-13-15-6-4-5-7-17(15)14-8-9-14/h4-7,14,16,18,21H,8-13H2,1-3H3. The monoisotopic (exact) mass is 283 g/mol. The maximum absolute atomic E-state index is 3.95. The van der Waals surface area contributed by atoms with E-state index in [-0.39, 0.29) is 0 Å². The third-order valence-corrected chi connectivity index (χ3v) is 7.41. The lowest BCUT2D eigenvalue weighted by Crippen LogP contribution is -2.44. The second kappa shape index (κ2) is 4.59. The van der Waals surface area contributed by atoms with Crippen molar-refractivity contribution in [2.75, 3.05) is 0 Å². The van der Waals surface area contributed by atoms with Crippen LogP contribution in [0.1, 0.15) is 69.9 Å². The van der Waals surface area contributed by atoms with Gasteiger partial charge in [0.05, 0.1) is 0 Å². The molecule has 0 heterocycles. The highest BCUT2D eigenvalue weighted by molar-refractivity contribution is 5.33. The Balaban J connectivity index is 1.49. The SMILES string of the molecule is CC1(C)C2CCC1(C)C(NCc1ccccc1C1CC1)C2. The van der Waals surface area contributed by atoms with Crippen molar-refractivity contribution in [2.45, 2.75) is 71.4 Å². The second-order valence-corrected chi connectivity index (χ2v) is 8.52. The fourth-order valence-corrected chi connectivity index (χ4v) is 5.23. The highest BCUT2D eigenvalue weighted by atomic mass is 15.0. The van der Waals surface area contributed by atoms with Crippen LogP contribution in [0.4, 0.5) is 0 Å². The van der Waals surface area contributed by atoms with Crippen LogP contribution in [-0.2, 0) is 6.54 Å². The maximum Gasteiger partial charge on any atom is 0.0211 e. The van der Waals surface area contributed by atoms with Gasteiger partial charge in [-0.25, -0.2) is 0 Å². The van der Waals surface area contributed by atoms with Crippen molar-refractivity contribution in [2.24, 2.45) is 16.7 Å². The molecule has 114 valence electrons. The van der Waals surface area contributed by atoms with Gasteiger partial charge >= 0.3 is 0 Å². The van der Waals surface area contributed by atoms with Gasteiger partial charge in [0, 0.05) is 12.6 Å². The summed E-state index contributed by atoms with van der Waals surface area (Å²) in [5.74, 6) is 1.79. The number of fused-ring (bicyclic) bond motifs is 2. The van der Waals surface area contributed by atoms with Crippen molar-refractivity contribution in [1.29, 1.82) is 0 Å². The van der Waals surface area contributed by atoms with E-state index in [0.29, 0.717) is 16.9 Å². The number of benzene rings is 1. The fraction of sp³-hybridized carbons (Fsp3) is 0.700.